The average Bonchev–Trinajstić information content (AvgIpc) is 2.97. The second kappa shape index (κ2) is 11.1. The van der Waals surface area contributed by atoms with Gasteiger partial charge in [0.15, 0.2) is 5.96 Å². The number of carbonyl (C=O) groups is 1. The molecule has 0 aliphatic heterocycles. The minimum absolute atomic E-state index is 0. The number of hydrogen-bond donors (Lipinski definition) is 3. The van der Waals surface area contributed by atoms with Crippen molar-refractivity contribution in [3.05, 3.63) is 52.2 Å². The van der Waals surface area contributed by atoms with Crippen molar-refractivity contribution in [1.29, 1.82) is 0 Å². The van der Waals surface area contributed by atoms with E-state index in [-0.39, 0.29) is 42.5 Å². The number of hydrogen-bond acceptors (Lipinski definition) is 3. The van der Waals surface area contributed by atoms with Crippen LogP contribution in [0.2, 0.25) is 0 Å². The molecule has 1 atom stereocenters. The van der Waals surface area contributed by atoms with E-state index >= 15 is 0 Å². The molecule has 3 N–H and O–H groups in total. The molecule has 0 saturated heterocycles. The van der Waals surface area contributed by atoms with Gasteiger partial charge in [-0.1, -0.05) is 18.2 Å². The molecule has 0 radical (unpaired) electrons. The number of anilines is 1. The van der Waals surface area contributed by atoms with Crippen LogP contribution >= 0.6 is 35.3 Å². The van der Waals surface area contributed by atoms with E-state index < -0.39 is 0 Å². The number of thiophene rings is 1. The van der Waals surface area contributed by atoms with E-state index in [4.69, 9.17) is 0 Å². The summed E-state index contributed by atoms with van der Waals surface area (Å²) < 4.78 is 0. The van der Waals surface area contributed by atoms with Crippen molar-refractivity contribution in [3.63, 3.8) is 0 Å². The van der Waals surface area contributed by atoms with Crippen molar-refractivity contribution in [2.24, 2.45) is 4.99 Å². The Morgan fingerprint density at radius 2 is 1.92 bits per heavy atom. The summed E-state index contributed by atoms with van der Waals surface area (Å²) in [6.45, 7) is 4.38. The first-order valence-corrected chi connectivity index (χ1v) is 8.76. The molecule has 7 heteroatoms. The van der Waals surface area contributed by atoms with Gasteiger partial charge >= 0.3 is 0 Å². The lowest BCUT2D eigenvalue weighted by Gasteiger charge is -2.17. The number of nitrogens with zero attached hydrogens (tertiary/aromatic N) is 1. The van der Waals surface area contributed by atoms with Gasteiger partial charge in [-0.15, -0.1) is 35.3 Å². The standard InChI is InChI=1S/C18H24N4OS.HI/c1-13(11-16-10-9-14(2)24-16)21-18(19-3)20-12-17(23)22-15-7-5-4-6-8-15;/h4-10,13H,11-12H2,1-3H3,(H,22,23)(H2,19,20,21);1H. The predicted molar refractivity (Wildman–Crippen MR) is 117 cm³/mol. The largest absolute Gasteiger partial charge is 0.354 e. The van der Waals surface area contributed by atoms with Crippen molar-refractivity contribution in [2.45, 2.75) is 26.3 Å². The number of benzene rings is 1. The highest BCUT2D eigenvalue weighted by molar-refractivity contribution is 14.0. The zero-order valence-electron chi connectivity index (χ0n) is 14.7. The van der Waals surface area contributed by atoms with E-state index in [1.165, 1.54) is 9.75 Å². The fraction of sp³-hybridized carbons (Fsp3) is 0.333. The van der Waals surface area contributed by atoms with Gasteiger partial charge in [-0.25, -0.2) is 0 Å². The Balaban J connectivity index is 0.00000312. The molecule has 0 bridgehead atoms. The lowest BCUT2D eigenvalue weighted by Crippen LogP contribution is -2.45. The van der Waals surface area contributed by atoms with Crippen LogP contribution in [0.4, 0.5) is 5.69 Å². The van der Waals surface area contributed by atoms with Crippen LogP contribution in [-0.4, -0.2) is 31.5 Å². The number of nitrogens with one attached hydrogen (secondary N) is 3. The summed E-state index contributed by atoms with van der Waals surface area (Å²) in [4.78, 5) is 18.8. The maximum Gasteiger partial charge on any atom is 0.243 e. The summed E-state index contributed by atoms with van der Waals surface area (Å²) in [6.07, 6.45) is 0.926. The van der Waals surface area contributed by atoms with Gasteiger partial charge in [0.2, 0.25) is 5.91 Å². The summed E-state index contributed by atoms with van der Waals surface area (Å²) in [5.74, 6) is 0.518. The van der Waals surface area contributed by atoms with Gasteiger partial charge in [-0.2, -0.15) is 0 Å². The van der Waals surface area contributed by atoms with E-state index in [0.717, 1.165) is 12.1 Å². The number of aryl methyl sites for hydroxylation is 1. The first kappa shape index (κ1) is 21.4. The minimum atomic E-state index is -0.106. The van der Waals surface area contributed by atoms with Crippen LogP contribution in [0.25, 0.3) is 0 Å². The van der Waals surface area contributed by atoms with Crippen molar-refractivity contribution in [1.82, 2.24) is 10.6 Å². The third-order valence-corrected chi connectivity index (χ3v) is 4.41. The first-order valence-electron chi connectivity index (χ1n) is 7.94. The minimum Gasteiger partial charge on any atom is -0.354 e. The Labute approximate surface area is 170 Å². The molecule has 5 nitrogen and oxygen atoms in total. The maximum atomic E-state index is 12.0. The maximum absolute atomic E-state index is 12.0. The zero-order chi connectivity index (χ0) is 17.4. The van der Waals surface area contributed by atoms with Crippen molar-refractivity contribution in [3.8, 4) is 0 Å². The molecule has 2 rings (SSSR count). The van der Waals surface area contributed by atoms with E-state index in [1.807, 2.05) is 30.3 Å². The van der Waals surface area contributed by atoms with Gasteiger partial charge in [-0.3, -0.25) is 9.79 Å². The molecule has 136 valence electrons. The molecule has 25 heavy (non-hydrogen) atoms. The number of halogens is 1. The van der Waals surface area contributed by atoms with Crippen LogP contribution in [0.15, 0.2) is 47.5 Å². The molecule has 1 unspecified atom stereocenters. The predicted octanol–water partition coefficient (Wildman–Crippen LogP) is 3.41. The quantitative estimate of drug-likeness (QED) is 0.343. The van der Waals surface area contributed by atoms with E-state index in [0.29, 0.717) is 5.96 Å². The molecule has 1 aromatic heterocycles. The molecular formula is C18H25IN4OS. The van der Waals surface area contributed by atoms with Gasteiger partial charge in [-0.05, 0) is 38.1 Å². The summed E-state index contributed by atoms with van der Waals surface area (Å²) in [6, 6.07) is 13.9. The van der Waals surface area contributed by atoms with Gasteiger partial charge < -0.3 is 16.0 Å². The third-order valence-electron chi connectivity index (χ3n) is 3.38. The second-order valence-corrected chi connectivity index (χ2v) is 6.97. The monoisotopic (exact) mass is 472 g/mol. The highest BCUT2D eigenvalue weighted by Crippen LogP contribution is 2.16. The van der Waals surface area contributed by atoms with Crippen LogP contribution in [0, 0.1) is 6.92 Å². The summed E-state index contributed by atoms with van der Waals surface area (Å²) in [5, 5.41) is 9.19. The lowest BCUT2D eigenvalue weighted by molar-refractivity contribution is -0.115. The van der Waals surface area contributed by atoms with Crippen LogP contribution in [-0.2, 0) is 11.2 Å². The second-order valence-electron chi connectivity index (χ2n) is 5.60. The number of amides is 1. The van der Waals surface area contributed by atoms with Crippen LogP contribution < -0.4 is 16.0 Å². The van der Waals surface area contributed by atoms with Gasteiger partial charge in [0, 0.05) is 35.0 Å². The number of para-hydroxylation sites is 1. The van der Waals surface area contributed by atoms with Crippen LogP contribution in [0.1, 0.15) is 16.7 Å². The molecule has 2 aromatic rings. The molecule has 0 spiro atoms. The van der Waals surface area contributed by atoms with Gasteiger partial charge in [0.1, 0.15) is 0 Å². The topological polar surface area (TPSA) is 65.5 Å². The molecule has 0 saturated carbocycles. The fourth-order valence-corrected chi connectivity index (χ4v) is 3.29. The molecular weight excluding hydrogens is 447 g/mol. The van der Waals surface area contributed by atoms with E-state index in [2.05, 4.69) is 46.9 Å². The molecule has 1 amide bonds. The fourth-order valence-electron chi connectivity index (χ4n) is 2.27. The van der Waals surface area contributed by atoms with Gasteiger partial charge in [0.05, 0.1) is 6.54 Å². The molecule has 0 aliphatic rings. The van der Waals surface area contributed by atoms with Crippen LogP contribution in [0.3, 0.4) is 0 Å². The molecule has 1 heterocycles. The Bertz CT molecular complexity index is 687. The number of rotatable bonds is 6. The highest BCUT2D eigenvalue weighted by atomic mass is 127. The van der Waals surface area contributed by atoms with Crippen molar-refractivity contribution < 1.29 is 4.79 Å². The zero-order valence-corrected chi connectivity index (χ0v) is 17.9. The summed E-state index contributed by atoms with van der Waals surface area (Å²) in [5.41, 5.74) is 0.786. The Morgan fingerprint density at radius 1 is 1.20 bits per heavy atom. The Kier molecular flexibility index (Phi) is 9.51. The van der Waals surface area contributed by atoms with Crippen molar-refractivity contribution >= 4 is 52.9 Å². The number of aliphatic imine (C=N–C) groups is 1. The normalized spacial score (nSPS) is 12.0. The SMILES string of the molecule is CN=C(NCC(=O)Nc1ccccc1)NC(C)Cc1ccc(C)s1.I. The van der Waals surface area contributed by atoms with E-state index in [1.54, 1.807) is 18.4 Å². The molecule has 1 aromatic carbocycles. The molecule has 0 aliphatic carbocycles. The van der Waals surface area contributed by atoms with E-state index in [9.17, 15) is 4.79 Å². The average molecular weight is 472 g/mol. The van der Waals surface area contributed by atoms with Crippen LogP contribution in [0.5, 0.6) is 0 Å². The highest BCUT2D eigenvalue weighted by Gasteiger charge is 2.09. The Hall–Kier alpha value is -1.61. The van der Waals surface area contributed by atoms with Crippen molar-refractivity contribution in [2.75, 3.05) is 18.9 Å². The summed E-state index contributed by atoms with van der Waals surface area (Å²) >= 11 is 1.81. The molecule has 0 fully saturated rings. The Morgan fingerprint density at radius 3 is 2.52 bits per heavy atom. The summed E-state index contributed by atoms with van der Waals surface area (Å²) in [7, 11) is 1.70. The first-order chi connectivity index (χ1) is 11.6. The van der Waals surface area contributed by atoms with Gasteiger partial charge in [0.25, 0.3) is 0 Å². The number of carbonyl (C=O) groups excluding carboxylic acids is 1. The third kappa shape index (κ3) is 7.87. The lowest BCUT2D eigenvalue weighted by atomic mass is 10.2. The number of guanidine groups is 1. The smallest absolute Gasteiger partial charge is 0.243 e.